The largest absolute Gasteiger partial charge is 0.490 e. The molecule has 222 valence electrons. The average molecular weight is 629 g/mol. The molecule has 0 saturated carbocycles. The molecule has 16 heteroatoms. The Balaban J connectivity index is 0.000000616. The topological polar surface area (TPSA) is 146 Å². The molecule has 2 N–H and O–H groups in total. The summed E-state index contributed by atoms with van der Waals surface area (Å²) in [5.41, 5.74) is 2.86. The van der Waals surface area contributed by atoms with Gasteiger partial charge in [-0.2, -0.15) is 13.2 Å². The number of ether oxygens (including phenoxy) is 1. The maximum atomic E-state index is 12.9. The van der Waals surface area contributed by atoms with E-state index in [1.54, 1.807) is 37.3 Å². The molecule has 4 rings (SSSR count). The number of rotatable bonds is 7. The highest BCUT2D eigenvalue weighted by atomic mass is 35.5. The molecular weight excluding hydrogens is 608 g/mol. The second kappa shape index (κ2) is 14.0. The van der Waals surface area contributed by atoms with Gasteiger partial charge in [0, 0.05) is 41.3 Å². The van der Waals surface area contributed by atoms with E-state index in [9.17, 15) is 28.1 Å². The van der Waals surface area contributed by atoms with Gasteiger partial charge in [-0.25, -0.2) is 14.6 Å². The van der Waals surface area contributed by atoms with E-state index in [1.165, 1.54) is 0 Å². The van der Waals surface area contributed by atoms with Crippen LogP contribution in [0.3, 0.4) is 0 Å². The Morgan fingerprint density at radius 1 is 1.21 bits per heavy atom. The summed E-state index contributed by atoms with van der Waals surface area (Å²) in [6, 6.07) is 12.4. The number of alkyl halides is 3. The highest BCUT2D eigenvalue weighted by Gasteiger charge is 2.38. The van der Waals surface area contributed by atoms with Crippen molar-refractivity contribution in [1.29, 1.82) is 0 Å². The van der Waals surface area contributed by atoms with Crippen LogP contribution in [0, 0.1) is 28.9 Å². The van der Waals surface area contributed by atoms with Gasteiger partial charge in [0.2, 0.25) is 0 Å². The number of hydrogen-bond donors (Lipinski definition) is 2. The summed E-state index contributed by atoms with van der Waals surface area (Å²) < 4.78 is 39.1. The second-order valence-electron chi connectivity index (χ2n) is 8.47. The first kappa shape index (κ1) is 32.2. The van der Waals surface area contributed by atoms with Crippen molar-refractivity contribution in [1.82, 2.24) is 14.9 Å². The molecule has 42 heavy (non-hydrogen) atoms. The van der Waals surface area contributed by atoms with Gasteiger partial charge in [0.15, 0.2) is 5.69 Å². The molecule has 1 aliphatic heterocycles. The maximum Gasteiger partial charge on any atom is 0.490 e. The minimum atomic E-state index is -5.08. The standard InChI is InChI=1S/C24H20Cl2N4O5.C2HF3O2/c1-15-22(24(31)35-19-13-27-14-19)28-23(20-10-7-17(25)12-21(20)26)29(15)18-8-5-16(6-9-18)4-2-3-11-34-30(32)33;3-2(4,5)1(6)7/h5-10,12,19,27H,3,11,13-14H2,1H3;(H,6,7). The number of hydrogen-bond acceptors (Lipinski definition) is 8. The summed E-state index contributed by atoms with van der Waals surface area (Å²) in [6.07, 6.45) is -5.03. The number of halogens is 5. The number of esters is 1. The highest BCUT2D eigenvalue weighted by molar-refractivity contribution is 6.36. The first-order chi connectivity index (χ1) is 19.8. The lowest BCUT2D eigenvalue weighted by Crippen LogP contribution is -2.49. The maximum absolute atomic E-state index is 12.9. The third-order valence-electron chi connectivity index (χ3n) is 5.52. The molecular formula is C26H21Cl2F3N4O7. The fourth-order valence-electron chi connectivity index (χ4n) is 3.44. The van der Waals surface area contributed by atoms with Gasteiger partial charge in [0.25, 0.3) is 5.09 Å². The number of carboxylic acid groups (broad SMARTS) is 1. The molecule has 2 heterocycles. The number of carbonyl (C=O) groups is 2. The van der Waals surface area contributed by atoms with E-state index in [0.717, 1.165) is 11.3 Å². The zero-order valence-electron chi connectivity index (χ0n) is 21.6. The molecule has 11 nitrogen and oxygen atoms in total. The van der Waals surface area contributed by atoms with Crippen molar-refractivity contribution < 1.29 is 42.5 Å². The molecule has 0 spiro atoms. The Morgan fingerprint density at radius 3 is 2.38 bits per heavy atom. The molecule has 1 aliphatic rings. The first-order valence-corrected chi connectivity index (χ1v) is 12.7. The van der Waals surface area contributed by atoms with Crippen LogP contribution in [0.2, 0.25) is 10.0 Å². The lowest BCUT2D eigenvalue weighted by Gasteiger charge is -2.26. The van der Waals surface area contributed by atoms with Crippen molar-refractivity contribution in [3.05, 3.63) is 79.6 Å². The quantitative estimate of drug-likeness (QED) is 0.123. The molecule has 0 atom stereocenters. The molecule has 3 aromatic rings. The van der Waals surface area contributed by atoms with Crippen LogP contribution < -0.4 is 5.32 Å². The van der Waals surface area contributed by atoms with E-state index in [1.807, 2.05) is 16.7 Å². The van der Waals surface area contributed by atoms with Gasteiger partial charge < -0.3 is 20.0 Å². The molecule has 2 aromatic carbocycles. The summed E-state index contributed by atoms with van der Waals surface area (Å²) in [6.45, 7) is 2.93. The minimum absolute atomic E-state index is 0.0900. The fraction of sp³-hybridized carbons (Fsp3) is 0.269. The summed E-state index contributed by atoms with van der Waals surface area (Å²) >= 11 is 12.6. The smallest absolute Gasteiger partial charge is 0.475 e. The van der Waals surface area contributed by atoms with E-state index in [4.69, 9.17) is 37.8 Å². The zero-order chi connectivity index (χ0) is 31.0. The van der Waals surface area contributed by atoms with Crippen molar-refractivity contribution in [3.8, 4) is 28.9 Å². The Labute approximate surface area is 246 Å². The fourth-order valence-corrected chi connectivity index (χ4v) is 3.94. The Bertz CT molecular complexity index is 1530. The van der Waals surface area contributed by atoms with Gasteiger partial charge in [0.05, 0.1) is 10.7 Å². The number of benzene rings is 2. The van der Waals surface area contributed by atoms with Gasteiger partial charge in [-0.15, -0.1) is 10.1 Å². The first-order valence-electron chi connectivity index (χ1n) is 11.9. The van der Waals surface area contributed by atoms with Gasteiger partial charge >= 0.3 is 18.1 Å². The van der Waals surface area contributed by atoms with Crippen LogP contribution in [0.15, 0.2) is 42.5 Å². The van der Waals surface area contributed by atoms with Crippen molar-refractivity contribution in [2.45, 2.75) is 25.6 Å². The van der Waals surface area contributed by atoms with Crippen LogP contribution in [0.5, 0.6) is 0 Å². The van der Waals surface area contributed by atoms with E-state index in [0.29, 0.717) is 40.2 Å². The van der Waals surface area contributed by atoms with Crippen molar-refractivity contribution in [3.63, 3.8) is 0 Å². The van der Waals surface area contributed by atoms with Crippen LogP contribution in [0.4, 0.5) is 13.2 Å². The third-order valence-corrected chi connectivity index (χ3v) is 6.06. The van der Waals surface area contributed by atoms with Gasteiger partial charge in [-0.1, -0.05) is 35.0 Å². The Kier molecular flexibility index (Phi) is 10.8. The summed E-state index contributed by atoms with van der Waals surface area (Å²) in [5.74, 6) is 2.98. The predicted octanol–water partition coefficient (Wildman–Crippen LogP) is 4.87. The minimum Gasteiger partial charge on any atom is -0.475 e. The molecule has 0 radical (unpaired) electrons. The molecule has 0 aliphatic carbocycles. The van der Waals surface area contributed by atoms with E-state index in [2.05, 4.69) is 27.0 Å². The second-order valence-corrected chi connectivity index (χ2v) is 9.32. The number of carboxylic acids is 1. The van der Waals surface area contributed by atoms with E-state index in [-0.39, 0.29) is 24.8 Å². The number of nitrogens with zero attached hydrogens (tertiary/aromatic N) is 3. The number of imidazole rings is 1. The molecule has 1 aromatic heterocycles. The van der Waals surface area contributed by atoms with E-state index < -0.39 is 23.2 Å². The average Bonchev–Trinajstić information content (AvgIpc) is 3.22. The number of aromatic nitrogens is 2. The SMILES string of the molecule is Cc1c(C(=O)OC2CNC2)nc(-c2ccc(Cl)cc2Cl)n1-c1ccc(C#CCCO[N+](=O)[O-])cc1.O=C(O)C(F)(F)F. The summed E-state index contributed by atoms with van der Waals surface area (Å²) in [4.78, 5) is 40.8. The van der Waals surface area contributed by atoms with Crippen LogP contribution >= 0.6 is 23.2 Å². The molecule has 0 amide bonds. The number of carbonyl (C=O) groups excluding carboxylic acids is 1. The lowest BCUT2D eigenvalue weighted by atomic mass is 10.1. The lowest BCUT2D eigenvalue weighted by molar-refractivity contribution is -0.757. The zero-order valence-corrected chi connectivity index (χ0v) is 23.1. The molecule has 0 unspecified atom stereocenters. The molecule has 0 bridgehead atoms. The van der Waals surface area contributed by atoms with Gasteiger partial charge in [-0.3, -0.25) is 4.57 Å². The van der Waals surface area contributed by atoms with Crippen LogP contribution in [0.1, 0.15) is 28.2 Å². The third kappa shape index (κ3) is 8.59. The number of nitrogens with one attached hydrogen (secondary N) is 1. The van der Waals surface area contributed by atoms with E-state index >= 15 is 0 Å². The normalized spacial score (nSPS) is 12.6. The number of aliphatic carboxylic acids is 1. The molecule has 1 fully saturated rings. The van der Waals surface area contributed by atoms with Crippen LogP contribution in [-0.2, 0) is 14.4 Å². The monoisotopic (exact) mass is 628 g/mol. The molecule has 1 saturated heterocycles. The van der Waals surface area contributed by atoms with Crippen LogP contribution in [0.25, 0.3) is 17.1 Å². The van der Waals surface area contributed by atoms with Crippen molar-refractivity contribution >= 4 is 35.1 Å². The van der Waals surface area contributed by atoms with Crippen molar-refractivity contribution in [2.75, 3.05) is 19.7 Å². The Hall–Kier alpha value is -4.32. The summed E-state index contributed by atoms with van der Waals surface area (Å²) in [5, 5.41) is 20.4. The van der Waals surface area contributed by atoms with Gasteiger partial charge in [-0.05, 0) is 49.4 Å². The predicted molar refractivity (Wildman–Crippen MR) is 144 cm³/mol. The van der Waals surface area contributed by atoms with Crippen LogP contribution in [-0.4, -0.2) is 63.7 Å². The van der Waals surface area contributed by atoms with Crippen molar-refractivity contribution in [2.24, 2.45) is 0 Å². The summed E-state index contributed by atoms with van der Waals surface area (Å²) in [7, 11) is 0. The highest BCUT2D eigenvalue weighted by Crippen LogP contribution is 2.33. The van der Waals surface area contributed by atoms with Gasteiger partial charge in [0.1, 0.15) is 18.5 Å². The Morgan fingerprint density at radius 2 is 1.86 bits per heavy atom.